The van der Waals surface area contributed by atoms with E-state index in [0.717, 1.165) is 4.47 Å². The van der Waals surface area contributed by atoms with Crippen molar-refractivity contribution in [2.45, 2.75) is 26.3 Å². The topological polar surface area (TPSA) is 66.4 Å². The van der Waals surface area contributed by atoms with Crippen molar-refractivity contribution in [3.63, 3.8) is 0 Å². The Bertz CT molecular complexity index is 493. The van der Waals surface area contributed by atoms with Gasteiger partial charge in [0.05, 0.1) is 10.6 Å². The number of hydrogen-bond donors (Lipinski definition) is 2. The molecule has 0 fully saturated rings. The molecule has 1 aromatic carbocycles. The molecule has 0 saturated heterocycles. The smallest absolute Gasteiger partial charge is 0.326 e. The van der Waals surface area contributed by atoms with Crippen LogP contribution >= 0.6 is 27.5 Å². The van der Waals surface area contributed by atoms with Crippen LogP contribution in [0.25, 0.3) is 0 Å². The van der Waals surface area contributed by atoms with Crippen LogP contribution in [0.2, 0.25) is 5.02 Å². The predicted molar refractivity (Wildman–Crippen MR) is 77.5 cm³/mol. The van der Waals surface area contributed by atoms with E-state index in [-0.39, 0.29) is 16.5 Å². The fraction of sp³-hybridized carbons (Fsp3) is 0.385. The molecule has 2 N–H and O–H groups in total. The molecule has 0 aliphatic rings. The van der Waals surface area contributed by atoms with Crippen LogP contribution < -0.4 is 5.32 Å². The maximum Gasteiger partial charge on any atom is 0.326 e. The van der Waals surface area contributed by atoms with Gasteiger partial charge in [0, 0.05) is 4.47 Å². The first kappa shape index (κ1) is 16.0. The van der Waals surface area contributed by atoms with Crippen LogP contribution in [-0.2, 0) is 4.79 Å². The molecule has 0 aromatic heterocycles. The number of carbonyl (C=O) groups is 2. The number of amides is 1. The molecule has 19 heavy (non-hydrogen) atoms. The fourth-order valence-electron chi connectivity index (χ4n) is 1.58. The lowest BCUT2D eigenvalue weighted by Gasteiger charge is -2.20. The minimum absolute atomic E-state index is 0.157. The number of carbonyl (C=O) groups excluding carboxylic acids is 1. The van der Waals surface area contributed by atoms with Crippen molar-refractivity contribution in [2.75, 3.05) is 0 Å². The highest BCUT2D eigenvalue weighted by Crippen LogP contribution is 2.21. The summed E-state index contributed by atoms with van der Waals surface area (Å²) in [5, 5.41) is 11.9. The van der Waals surface area contributed by atoms with Gasteiger partial charge in [-0.15, -0.1) is 0 Å². The molecule has 0 aliphatic heterocycles. The van der Waals surface area contributed by atoms with Crippen molar-refractivity contribution in [2.24, 2.45) is 5.92 Å². The maximum atomic E-state index is 12.0. The Morgan fingerprint density at radius 3 is 2.58 bits per heavy atom. The van der Waals surface area contributed by atoms with E-state index >= 15 is 0 Å². The molecule has 1 aromatic rings. The van der Waals surface area contributed by atoms with Crippen molar-refractivity contribution in [3.05, 3.63) is 33.3 Å². The van der Waals surface area contributed by atoms with Crippen molar-refractivity contribution >= 4 is 39.4 Å². The van der Waals surface area contributed by atoms with Crippen LogP contribution in [0.4, 0.5) is 0 Å². The number of halogens is 2. The first-order valence-corrected chi connectivity index (χ1v) is 7.02. The van der Waals surface area contributed by atoms with Gasteiger partial charge in [-0.1, -0.05) is 47.8 Å². The number of nitrogens with one attached hydrogen (secondary N) is 1. The summed E-state index contributed by atoms with van der Waals surface area (Å²) in [7, 11) is 0. The zero-order chi connectivity index (χ0) is 14.6. The Labute approximate surface area is 125 Å². The van der Waals surface area contributed by atoms with E-state index in [1.165, 1.54) is 0 Å². The third kappa shape index (κ3) is 4.21. The summed E-state index contributed by atoms with van der Waals surface area (Å²) in [6, 6.07) is 3.91. The van der Waals surface area contributed by atoms with E-state index in [1.807, 2.05) is 6.92 Å². The highest BCUT2D eigenvalue weighted by atomic mass is 79.9. The molecule has 0 saturated carbocycles. The number of carboxylic acid groups (broad SMARTS) is 1. The number of aliphatic carboxylic acids is 1. The van der Waals surface area contributed by atoms with E-state index < -0.39 is 17.9 Å². The van der Waals surface area contributed by atoms with Gasteiger partial charge in [0.1, 0.15) is 6.04 Å². The summed E-state index contributed by atoms with van der Waals surface area (Å²) in [4.78, 5) is 23.2. The Morgan fingerprint density at radius 1 is 1.47 bits per heavy atom. The molecule has 2 atom stereocenters. The van der Waals surface area contributed by atoms with Crippen LogP contribution in [0, 0.1) is 5.92 Å². The predicted octanol–water partition coefficient (Wildman–Crippen LogP) is 3.33. The number of benzene rings is 1. The molecule has 6 heteroatoms. The molecule has 0 bridgehead atoms. The van der Waals surface area contributed by atoms with Crippen molar-refractivity contribution in [1.82, 2.24) is 5.32 Å². The SMILES string of the molecule is CC[C@H](C)[C@H](NC(=O)c1ccc(Br)cc1Cl)C(=O)O. The molecule has 4 nitrogen and oxygen atoms in total. The van der Waals surface area contributed by atoms with E-state index in [0.29, 0.717) is 6.42 Å². The Kier molecular flexibility index (Phi) is 5.82. The average molecular weight is 349 g/mol. The molecule has 1 amide bonds. The van der Waals surface area contributed by atoms with Gasteiger partial charge in [-0.25, -0.2) is 4.79 Å². The molecule has 0 aliphatic carbocycles. The quantitative estimate of drug-likeness (QED) is 0.857. The summed E-state index contributed by atoms with van der Waals surface area (Å²) < 4.78 is 0.755. The van der Waals surface area contributed by atoms with Crippen LogP contribution in [0.15, 0.2) is 22.7 Å². The highest BCUT2D eigenvalue weighted by molar-refractivity contribution is 9.10. The molecule has 1 rings (SSSR count). The normalized spacial score (nSPS) is 13.7. The monoisotopic (exact) mass is 347 g/mol. The molecule has 0 radical (unpaired) electrons. The summed E-state index contributed by atoms with van der Waals surface area (Å²) in [5.41, 5.74) is 0.263. The van der Waals surface area contributed by atoms with E-state index in [2.05, 4.69) is 21.2 Å². The summed E-state index contributed by atoms with van der Waals surface area (Å²) in [6.45, 7) is 3.65. The first-order valence-electron chi connectivity index (χ1n) is 5.85. The second-order valence-electron chi connectivity index (χ2n) is 4.30. The standard InChI is InChI=1S/C13H15BrClNO3/c1-3-7(2)11(13(18)19)16-12(17)9-5-4-8(14)6-10(9)15/h4-7,11H,3H2,1-2H3,(H,16,17)(H,18,19)/t7-,11-/m0/s1. The van der Waals surface area contributed by atoms with Crippen LogP contribution in [0.5, 0.6) is 0 Å². The van der Waals surface area contributed by atoms with Crippen LogP contribution in [-0.4, -0.2) is 23.0 Å². The maximum absolute atomic E-state index is 12.0. The van der Waals surface area contributed by atoms with Gasteiger partial charge >= 0.3 is 5.97 Å². The minimum Gasteiger partial charge on any atom is -0.480 e. The first-order chi connectivity index (χ1) is 8.86. The minimum atomic E-state index is -1.05. The third-order valence-corrected chi connectivity index (χ3v) is 3.75. The van der Waals surface area contributed by atoms with Gasteiger partial charge in [-0.3, -0.25) is 4.79 Å². The number of rotatable bonds is 5. The van der Waals surface area contributed by atoms with Gasteiger partial charge < -0.3 is 10.4 Å². The largest absolute Gasteiger partial charge is 0.480 e. The number of hydrogen-bond acceptors (Lipinski definition) is 2. The second-order valence-corrected chi connectivity index (χ2v) is 5.62. The van der Waals surface area contributed by atoms with Gasteiger partial charge in [0.2, 0.25) is 0 Å². The van der Waals surface area contributed by atoms with Crippen molar-refractivity contribution in [3.8, 4) is 0 Å². The molecule has 104 valence electrons. The van der Waals surface area contributed by atoms with E-state index in [1.54, 1.807) is 25.1 Å². The molecule has 0 unspecified atom stereocenters. The summed E-state index contributed by atoms with van der Waals surface area (Å²) >= 11 is 9.21. The Morgan fingerprint density at radius 2 is 2.11 bits per heavy atom. The van der Waals surface area contributed by atoms with Gasteiger partial charge in [0.15, 0.2) is 0 Å². The van der Waals surface area contributed by atoms with E-state index in [9.17, 15) is 9.59 Å². The Balaban J connectivity index is 2.91. The summed E-state index contributed by atoms with van der Waals surface area (Å²) in [6.07, 6.45) is 0.658. The van der Waals surface area contributed by atoms with E-state index in [4.69, 9.17) is 16.7 Å². The van der Waals surface area contributed by atoms with Crippen molar-refractivity contribution < 1.29 is 14.7 Å². The van der Waals surface area contributed by atoms with Crippen molar-refractivity contribution in [1.29, 1.82) is 0 Å². The molecular formula is C13H15BrClNO3. The molecule has 0 heterocycles. The van der Waals surface area contributed by atoms with Crippen LogP contribution in [0.3, 0.4) is 0 Å². The summed E-state index contributed by atoms with van der Waals surface area (Å²) in [5.74, 6) is -1.68. The molecular weight excluding hydrogens is 334 g/mol. The average Bonchev–Trinajstić information content (AvgIpc) is 2.34. The molecule has 0 spiro atoms. The highest BCUT2D eigenvalue weighted by Gasteiger charge is 2.26. The zero-order valence-corrected chi connectivity index (χ0v) is 13.0. The lowest BCUT2D eigenvalue weighted by Crippen LogP contribution is -2.45. The Hall–Kier alpha value is -1.07. The zero-order valence-electron chi connectivity index (χ0n) is 10.6. The van der Waals surface area contributed by atoms with Gasteiger partial charge in [-0.2, -0.15) is 0 Å². The fourth-order valence-corrected chi connectivity index (χ4v) is 2.33. The third-order valence-electron chi connectivity index (χ3n) is 2.94. The lowest BCUT2D eigenvalue weighted by atomic mass is 9.99. The lowest BCUT2D eigenvalue weighted by molar-refractivity contribution is -0.140. The van der Waals surface area contributed by atoms with Gasteiger partial charge in [0.25, 0.3) is 5.91 Å². The van der Waals surface area contributed by atoms with Crippen LogP contribution in [0.1, 0.15) is 30.6 Å². The number of carboxylic acids is 1. The van der Waals surface area contributed by atoms with Gasteiger partial charge in [-0.05, 0) is 24.1 Å². The second kappa shape index (κ2) is 6.91.